The lowest BCUT2D eigenvalue weighted by atomic mass is 10.0. The van der Waals surface area contributed by atoms with E-state index in [0.717, 1.165) is 16.2 Å². The molecule has 1 unspecified atom stereocenters. The number of phenols is 1. The normalized spacial score (nSPS) is 19.2. The van der Waals surface area contributed by atoms with Crippen LogP contribution in [0.15, 0.2) is 45.0 Å². The van der Waals surface area contributed by atoms with Crippen LogP contribution in [-0.2, 0) is 30.6 Å². The fraction of sp³-hybridized carbons (Fsp3) is 0.200. The van der Waals surface area contributed by atoms with Gasteiger partial charge in [-0.1, -0.05) is 11.2 Å². The molecule has 1 saturated heterocycles. The van der Waals surface area contributed by atoms with E-state index in [1.54, 1.807) is 12.1 Å². The van der Waals surface area contributed by atoms with E-state index in [4.69, 9.17) is 4.84 Å². The number of carboxylic acid groups (broad SMARTS) is 1. The van der Waals surface area contributed by atoms with Crippen molar-refractivity contribution in [1.29, 1.82) is 0 Å². The summed E-state index contributed by atoms with van der Waals surface area (Å²) in [7, 11) is 0. The fourth-order valence-corrected chi connectivity index (χ4v) is 5.37. The van der Waals surface area contributed by atoms with Crippen molar-refractivity contribution in [3.05, 3.63) is 51.1 Å². The maximum atomic E-state index is 13.1. The number of aliphatic carboxylic acids is 1. The number of nitrogens with zero attached hydrogens (tertiary/aromatic N) is 3. The zero-order valence-corrected chi connectivity index (χ0v) is 20.7. The topological polar surface area (TPSA) is 171 Å². The average Bonchev–Trinajstić information content (AvgIpc) is 3.30. The van der Waals surface area contributed by atoms with Crippen molar-refractivity contribution in [2.24, 2.45) is 5.16 Å². The molecule has 3 amide bonds. The van der Waals surface area contributed by atoms with Crippen LogP contribution in [-0.4, -0.2) is 67.2 Å². The molecular formula is C20H16BrN5O7S2. The maximum Gasteiger partial charge on any atom is 0.352 e. The van der Waals surface area contributed by atoms with Crippen molar-refractivity contribution in [1.82, 2.24) is 15.2 Å². The molecule has 2 atom stereocenters. The zero-order chi connectivity index (χ0) is 25.1. The van der Waals surface area contributed by atoms with Crippen molar-refractivity contribution < 1.29 is 34.2 Å². The number of benzene rings is 1. The molecular weight excluding hydrogens is 566 g/mol. The minimum Gasteiger partial charge on any atom is -0.507 e. The summed E-state index contributed by atoms with van der Waals surface area (Å²) < 4.78 is 0.503. The van der Waals surface area contributed by atoms with E-state index in [0.29, 0.717) is 22.2 Å². The number of aromatic hydroxyl groups is 1. The molecule has 15 heteroatoms. The van der Waals surface area contributed by atoms with Gasteiger partial charge in [-0.3, -0.25) is 19.3 Å². The molecule has 12 nitrogen and oxygen atoms in total. The van der Waals surface area contributed by atoms with Crippen LogP contribution in [0.3, 0.4) is 0 Å². The number of fused-ring (bicyclic) bond motifs is 1. The van der Waals surface area contributed by atoms with Crippen LogP contribution >= 0.6 is 39.0 Å². The van der Waals surface area contributed by atoms with Crippen molar-refractivity contribution in [2.45, 2.75) is 18.0 Å². The van der Waals surface area contributed by atoms with Gasteiger partial charge in [0.25, 0.3) is 11.8 Å². The largest absolute Gasteiger partial charge is 0.507 e. The van der Waals surface area contributed by atoms with Gasteiger partial charge in [-0.25, -0.2) is 9.78 Å². The number of nitrogens with one attached hydrogen (secondary N) is 2. The van der Waals surface area contributed by atoms with Gasteiger partial charge in [0.05, 0.1) is 4.47 Å². The van der Waals surface area contributed by atoms with Gasteiger partial charge in [-0.15, -0.1) is 23.1 Å². The molecule has 2 aliphatic rings. The summed E-state index contributed by atoms with van der Waals surface area (Å²) >= 11 is 5.55. The number of halogens is 1. The molecule has 0 bridgehead atoms. The Labute approximate surface area is 214 Å². The number of oxime groups is 1. The number of hydrogen-bond donors (Lipinski definition) is 4. The van der Waals surface area contributed by atoms with Crippen LogP contribution in [0.1, 0.15) is 11.3 Å². The van der Waals surface area contributed by atoms with E-state index in [-0.39, 0.29) is 34.6 Å². The number of rotatable bonds is 9. The number of β-lactam (4-membered cyclic amide) rings is 1. The number of carboxylic acids is 1. The Morgan fingerprint density at radius 3 is 2.91 bits per heavy atom. The Morgan fingerprint density at radius 2 is 2.20 bits per heavy atom. The SMILES string of the molecule is O=CNc1nc(C(=NOCc2ccc(Br)c(O)c2)C(=O)NC2C(=O)N3C(C(=O)O)=CCS[C@@H]23)cs1. The molecule has 0 spiro atoms. The van der Waals surface area contributed by atoms with Gasteiger partial charge in [0, 0.05) is 11.1 Å². The number of anilines is 1. The summed E-state index contributed by atoms with van der Waals surface area (Å²) in [5.41, 5.74) is 0.305. The van der Waals surface area contributed by atoms with Gasteiger partial charge in [0.2, 0.25) is 6.41 Å². The second-order valence-electron chi connectivity index (χ2n) is 7.08. The molecule has 1 aromatic carbocycles. The highest BCUT2D eigenvalue weighted by molar-refractivity contribution is 9.10. The number of carbonyl (C=O) groups is 4. The molecule has 4 N–H and O–H groups in total. The van der Waals surface area contributed by atoms with Gasteiger partial charge in [-0.2, -0.15) is 0 Å². The number of amides is 3. The van der Waals surface area contributed by atoms with E-state index in [9.17, 15) is 29.4 Å². The predicted molar refractivity (Wildman–Crippen MR) is 130 cm³/mol. The van der Waals surface area contributed by atoms with Crippen LogP contribution in [0.25, 0.3) is 0 Å². The Morgan fingerprint density at radius 1 is 1.40 bits per heavy atom. The second-order valence-corrected chi connectivity index (χ2v) is 9.94. The third kappa shape index (κ3) is 5.16. The smallest absolute Gasteiger partial charge is 0.352 e. The lowest BCUT2D eigenvalue weighted by Crippen LogP contribution is -2.70. The zero-order valence-electron chi connectivity index (χ0n) is 17.5. The van der Waals surface area contributed by atoms with Crippen LogP contribution in [0.4, 0.5) is 5.13 Å². The minimum absolute atomic E-state index is 0.00457. The third-order valence-corrected chi connectivity index (χ3v) is 7.52. The Kier molecular flexibility index (Phi) is 7.37. The molecule has 4 rings (SSSR count). The van der Waals surface area contributed by atoms with Crippen molar-refractivity contribution in [3.63, 3.8) is 0 Å². The van der Waals surface area contributed by atoms with Crippen LogP contribution in [0.2, 0.25) is 0 Å². The molecule has 2 aliphatic heterocycles. The monoisotopic (exact) mass is 581 g/mol. The maximum absolute atomic E-state index is 13.1. The highest BCUT2D eigenvalue weighted by atomic mass is 79.9. The number of hydrogen-bond acceptors (Lipinski definition) is 10. The van der Waals surface area contributed by atoms with Crippen molar-refractivity contribution >= 4 is 74.1 Å². The van der Waals surface area contributed by atoms with E-state index in [2.05, 4.69) is 36.7 Å². The first kappa shape index (κ1) is 24.7. The molecule has 0 radical (unpaired) electrons. The average molecular weight is 582 g/mol. The van der Waals surface area contributed by atoms with E-state index in [1.807, 2.05) is 0 Å². The molecule has 0 aliphatic carbocycles. The van der Waals surface area contributed by atoms with E-state index >= 15 is 0 Å². The summed E-state index contributed by atoms with van der Waals surface area (Å²) in [6.07, 6.45) is 1.88. The van der Waals surface area contributed by atoms with E-state index < -0.39 is 29.2 Å². The summed E-state index contributed by atoms with van der Waals surface area (Å²) in [4.78, 5) is 58.4. The highest BCUT2D eigenvalue weighted by Crippen LogP contribution is 2.37. The fourth-order valence-electron chi connectivity index (χ4n) is 3.27. The Balaban J connectivity index is 1.52. The van der Waals surface area contributed by atoms with Gasteiger partial charge in [0.1, 0.15) is 35.2 Å². The number of thiazole rings is 1. The lowest BCUT2D eigenvalue weighted by molar-refractivity contribution is -0.150. The van der Waals surface area contributed by atoms with Crippen LogP contribution in [0, 0.1) is 0 Å². The molecule has 3 heterocycles. The highest BCUT2D eigenvalue weighted by Gasteiger charge is 2.53. The molecule has 1 aromatic heterocycles. The van der Waals surface area contributed by atoms with Gasteiger partial charge >= 0.3 is 5.97 Å². The summed E-state index contributed by atoms with van der Waals surface area (Å²) in [6.45, 7) is -0.0808. The first-order valence-corrected chi connectivity index (χ1v) is 12.5. The van der Waals surface area contributed by atoms with Crippen molar-refractivity contribution in [2.75, 3.05) is 11.1 Å². The lowest BCUT2D eigenvalue weighted by Gasteiger charge is -2.48. The van der Waals surface area contributed by atoms with E-state index in [1.165, 1.54) is 29.3 Å². The standard InChI is InChI=1S/C20H16BrN5O7S2/c21-10-2-1-9(5-13(10)28)6-33-25-14(11-7-35-20(23-11)22-8-27)16(29)24-15-17(30)26-12(19(31)32)3-4-34-18(15)26/h1-3,5,7-8,15,18,28H,4,6H2,(H,24,29)(H,31,32)(H,22,23,27)/t15?,18-/m0/s1. The Hall–Kier alpha value is -3.43. The summed E-state index contributed by atoms with van der Waals surface area (Å²) in [6, 6.07) is 3.81. The van der Waals surface area contributed by atoms with Gasteiger partial charge in [0.15, 0.2) is 10.8 Å². The number of aromatic nitrogens is 1. The molecule has 182 valence electrons. The first-order valence-electron chi connectivity index (χ1n) is 9.82. The predicted octanol–water partition coefficient (Wildman–Crippen LogP) is 1.47. The summed E-state index contributed by atoms with van der Waals surface area (Å²) in [5, 5.41) is 29.1. The number of carbonyl (C=O) groups excluding carboxylic acids is 3. The second kappa shape index (κ2) is 10.5. The van der Waals surface area contributed by atoms with Crippen molar-refractivity contribution in [3.8, 4) is 5.75 Å². The minimum atomic E-state index is -1.22. The van der Waals surface area contributed by atoms with Crippen LogP contribution < -0.4 is 10.6 Å². The molecule has 1 fully saturated rings. The summed E-state index contributed by atoms with van der Waals surface area (Å²) in [5.74, 6) is -2.17. The van der Waals surface area contributed by atoms with Crippen LogP contribution in [0.5, 0.6) is 5.75 Å². The quantitative estimate of drug-likeness (QED) is 0.148. The molecule has 35 heavy (non-hydrogen) atoms. The van der Waals surface area contributed by atoms with Gasteiger partial charge in [-0.05, 0) is 39.7 Å². The number of phenolic OH excluding ortho intramolecular Hbond substituents is 1. The molecule has 0 saturated carbocycles. The first-order chi connectivity index (χ1) is 16.8. The number of thioether (sulfide) groups is 1. The molecule has 2 aromatic rings. The van der Waals surface area contributed by atoms with Gasteiger partial charge < -0.3 is 25.7 Å². The Bertz CT molecular complexity index is 1260. The third-order valence-electron chi connectivity index (χ3n) is 4.89.